The van der Waals surface area contributed by atoms with Crippen LogP contribution in [0.15, 0.2) is 75.4 Å². The number of ether oxygens (including phenoxy) is 1. The van der Waals surface area contributed by atoms with E-state index >= 15 is 0 Å². The summed E-state index contributed by atoms with van der Waals surface area (Å²) in [5.41, 5.74) is 5.25. The van der Waals surface area contributed by atoms with Crippen molar-refractivity contribution < 1.29 is 9.53 Å². The normalized spacial score (nSPS) is 11.0. The molecule has 9 heteroatoms. The third-order valence-electron chi connectivity index (χ3n) is 4.19. The summed E-state index contributed by atoms with van der Waals surface area (Å²) in [4.78, 5) is 12.3. The van der Waals surface area contributed by atoms with E-state index in [1.54, 1.807) is 6.21 Å². The molecule has 0 bridgehead atoms. The number of hydrazone groups is 1. The van der Waals surface area contributed by atoms with Gasteiger partial charge in [-0.05, 0) is 38.1 Å². The van der Waals surface area contributed by atoms with Gasteiger partial charge < -0.3 is 4.74 Å². The lowest BCUT2D eigenvalue weighted by Crippen LogP contribution is -2.20. The predicted octanol–water partition coefficient (Wildman–Crippen LogP) is 4.92. The van der Waals surface area contributed by atoms with E-state index in [-0.39, 0.29) is 11.7 Å². The average Bonchev–Trinajstić information content (AvgIpc) is 3.16. The first-order chi connectivity index (χ1) is 15.5. The Hall–Kier alpha value is -2.91. The molecule has 0 fully saturated rings. The summed E-state index contributed by atoms with van der Waals surface area (Å²) >= 11 is 4.75. The summed E-state index contributed by atoms with van der Waals surface area (Å²) in [6.45, 7) is 8.99. The number of hydrogen-bond acceptors (Lipinski definition) is 6. The molecule has 1 N–H and O–H groups in total. The van der Waals surface area contributed by atoms with Gasteiger partial charge in [-0.2, -0.15) is 5.10 Å². The number of nitrogens with one attached hydrogen (secondary N) is 1. The topological polar surface area (TPSA) is 81.4 Å². The maximum Gasteiger partial charge on any atom is 0.250 e. The van der Waals surface area contributed by atoms with E-state index in [2.05, 4.69) is 43.2 Å². The Labute approximate surface area is 200 Å². The summed E-state index contributed by atoms with van der Waals surface area (Å²) in [5, 5.41) is 13.3. The highest BCUT2D eigenvalue weighted by molar-refractivity contribution is 9.10. The standard InChI is InChI=1S/C23H24BrN5O2S/c1-4-31-20-8-6-5-7-18(20)13-25-26-21(30)15-32-23-28-27-22(29(23)14-16(2)3)17-9-11-19(24)12-10-17/h5-13H,2,4,14-15H2,1,3H3,(H,26,30)/b25-13-. The summed E-state index contributed by atoms with van der Waals surface area (Å²) < 4.78 is 8.51. The van der Waals surface area contributed by atoms with Crippen molar-refractivity contribution in [1.82, 2.24) is 20.2 Å². The Morgan fingerprint density at radius 1 is 1.25 bits per heavy atom. The first-order valence-corrected chi connectivity index (χ1v) is 11.8. The molecule has 0 aliphatic rings. The van der Waals surface area contributed by atoms with Gasteiger partial charge in [-0.25, -0.2) is 5.43 Å². The zero-order valence-corrected chi connectivity index (χ0v) is 20.3. The smallest absolute Gasteiger partial charge is 0.250 e. The molecule has 1 aromatic heterocycles. The van der Waals surface area contributed by atoms with Crippen LogP contribution in [-0.4, -0.2) is 39.2 Å². The van der Waals surface area contributed by atoms with Crippen LogP contribution in [-0.2, 0) is 11.3 Å². The van der Waals surface area contributed by atoms with Crippen LogP contribution in [0.4, 0.5) is 0 Å². The number of carbonyl (C=O) groups excluding carboxylic acids is 1. The van der Waals surface area contributed by atoms with Gasteiger partial charge in [0.05, 0.1) is 18.6 Å². The molecule has 0 atom stereocenters. The third kappa shape index (κ3) is 6.54. The van der Waals surface area contributed by atoms with Crippen LogP contribution in [0.1, 0.15) is 19.4 Å². The molecule has 0 saturated heterocycles. The van der Waals surface area contributed by atoms with Crippen LogP contribution in [0.5, 0.6) is 5.75 Å². The first kappa shape index (κ1) is 23.7. The fourth-order valence-electron chi connectivity index (χ4n) is 2.83. The highest BCUT2D eigenvalue weighted by Crippen LogP contribution is 2.26. The zero-order valence-electron chi connectivity index (χ0n) is 17.9. The molecule has 166 valence electrons. The second kappa shape index (κ2) is 11.6. The molecule has 0 unspecified atom stereocenters. The van der Waals surface area contributed by atoms with Gasteiger partial charge >= 0.3 is 0 Å². The summed E-state index contributed by atoms with van der Waals surface area (Å²) in [6.07, 6.45) is 1.57. The maximum atomic E-state index is 12.3. The quantitative estimate of drug-likeness (QED) is 0.180. The molecule has 0 aliphatic carbocycles. The van der Waals surface area contributed by atoms with E-state index in [1.807, 2.05) is 66.9 Å². The highest BCUT2D eigenvalue weighted by Gasteiger charge is 2.16. The molecule has 32 heavy (non-hydrogen) atoms. The average molecular weight is 514 g/mol. The second-order valence-electron chi connectivity index (χ2n) is 6.91. The number of para-hydroxylation sites is 1. The molecule has 7 nitrogen and oxygen atoms in total. The summed E-state index contributed by atoms with van der Waals surface area (Å²) in [5.74, 6) is 1.36. The van der Waals surface area contributed by atoms with Crippen LogP contribution in [0.2, 0.25) is 0 Å². The zero-order chi connectivity index (χ0) is 22.9. The number of allylic oxidation sites excluding steroid dienone is 1. The number of aromatic nitrogens is 3. The van der Waals surface area contributed by atoms with E-state index in [4.69, 9.17) is 4.74 Å². The maximum absolute atomic E-state index is 12.3. The first-order valence-electron chi connectivity index (χ1n) is 9.98. The molecule has 0 spiro atoms. The lowest BCUT2D eigenvalue weighted by atomic mass is 10.2. The highest BCUT2D eigenvalue weighted by atomic mass is 79.9. The number of halogens is 1. The molecule has 2 aromatic carbocycles. The Morgan fingerprint density at radius 2 is 2.00 bits per heavy atom. The fraction of sp³-hybridized carbons (Fsp3) is 0.217. The largest absolute Gasteiger partial charge is 0.493 e. The van der Waals surface area contributed by atoms with E-state index < -0.39 is 0 Å². The Kier molecular flexibility index (Phi) is 8.64. The van der Waals surface area contributed by atoms with E-state index in [1.165, 1.54) is 11.8 Å². The predicted molar refractivity (Wildman–Crippen MR) is 132 cm³/mol. The van der Waals surface area contributed by atoms with Crippen molar-refractivity contribution in [1.29, 1.82) is 0 Å². The molecule has 1 amide bonds. The minimum Gasteiger partial charge on any atom is -0.493 e. The lowest BCUT2D eigenvalue weighted by Gasteiger charge is -2.10. The van der Waals surface area contributed by atoms with Crippen LogP contribution >= 0.6 is 27.7 Å². The van der Waals surface area contributed by atoms with Crippen LogP contribution in [0, 0.1) is 0 Å². The molecule has 0 saturated carbocycles. The third-order valence-corrected chi connectivity index (χ3v) is 5.69. The van der Waals surface area contributed by atoms with Crippen LogP contribution in [0.25, 0.3) is 11.4 Å². The van der Waals surface area contributed by atoms with Crippen molar-refractivity contribution in [3.63, 3.8) is 0 Å². The molecule has 1 heterocycles. The Morgan fingerprint density at radius 3 is 2.72 bits per heavy atom. The molecule has 3 rings (SSSR count). The van der Waals surface area contributed by atoms with Crippen molar-refractivity contribution in [2.45, 2.75) is 25.5 Å². The van der Waals surface area contributed by atoms with Crippen LogP contribution in [0.3, 0.4) is 0 Å². The lowest BCUT2D eigenvalue weighted by molar-refractivity contribution is -0.118. The number of thioether (sulfide) groups is 1. The molecule has 3 aromatic rings. The van der Waals surface area contributed by atoms with Gasteiger partial charge in [0, 0.05) is 22.1 Å². The SMILES string of the molecule is C=C(C)Cn1c(SCC(=O)N/N=C\c2ccccc2OCC)nnc1-c1ccc(Br)cc1. The number of nitrogens with zero attached hydrogens (tertiary/aromatic N) is 4. The van der Waals surface area contributed by atoms with E-state index in [0.29, 0.717) is 18.3 Å². The molecular weight excluding hydrogens is 490 g/mol. The number of benzene rings is 2. The van der Waals surface area contributed by atoms with Gasteiger partial charge in [0.25, 0.3) is 5.91 Å². The molecule has 0 radical (unpaired) electrons. The van der Waals surface area contributed by atoms with Gasteiger partial charge in [0.15, 0.2) is 11.0 Å². The van der Waals surface area contributed by atoms with E-state index in [0.717, 1.165) is 32.7 Å². The van der Waals surface area contributed by atoms with Crippen molar-refractivity contribution >= 4 is 39.8 Å². The van der Waals surface area contributed by atoms with Gasteiger partial charge in [-0.15, -0.1) is 10.2 Å². The number of hydrogen-bond donors (Lipinski definition) is 1. The number of carbonyl (C=O) groups is 1. The Balaban J connectivity index is 1.65. The Bertz CT molecular complexity index is 1110. The van der Waals surface area contributed by atoms with E-state index in [9.17, 15) is 4.79 Å². The minimum atomic E-state index is -0.241. The monoisotopic (exact) mass is 513 g/mol. The van der Waals surface area contributed by atoms with Crippen molar-refractivity contribution in [2.24, 2.45) is 5.10 Å². The van der Waals surface area contributed by atoms with Crippen molar-refractivity contribution in [2.75, 3.05) is 12.4 Å². The van der Waals surface area contributed by atoms with Crippen molar-refractivity contribution in [3.05, 3.63) is 70.7 Å². The number of rotatable bonds is 10. The second-order valence-corrected chi connectivity index (χ2v) is 8.77. The fourth-order valence-corrected chi connectivity index (χ4v) is 3.83. The number of amides is 1. The minimum absolute atomic E-state index is 0.152. The van der Waals surface area contributed by atoms with Gasteiger partial charge in [-0.3, -0.25) is 9.36 Å². The summed E-state index contributed by atoms with van der Waals surface area (Å²) in [6, 6.07) is 15.4. The van der Waals surface area contributed by atoms with Gasteiger partial charge in [-0.1, -0.05) is 64.1 Å². The molecule has 0 aliphatic heterocycles. The molecular formula is C23H24BrN5O2S. The van der Waals surface area contributed by atoms with Crippen LogP contribution < -0.4 is 10.2 Å². The van der Waals surface area contributed by atoms with Crippen molar-refractivity contribution in [3.8, 4) is 17.1 Å². The van der Waals surface area contributed by atoms with Gasteiger partial charge in [0.1, 0.15) is 5.75 Å². The van der Waals surface area contributed by atoms with Gasteiger partial charge in [0.2, 0.25) is 0 Å². The summed E-state index contributed by atoms with van der Waals surface area (Å²) in [7, 11) is 0.